The summed E-state index contributed by atoms with van der Waals surface area (Å²) >= 11 is 0. The first kappa shape index (κ1) is 45.1. The lowest BCUT2D eigenvalue weighted by Gasteiger charge is -2.12. The molecule has 0 aliphatic heterocycles. The number of aromatic nitrogens is 10. The summed E-state index contributed by atoms with van der Waals surface area (Å²) in [5.41, 5.74) is 14.4. The van der Waals surface area contributed by atoms with Crippen molar-refractivity contribution < 1.29 is 0 Å². The maximum absolute atomic E-state index is 5.19. The van der Waals surface area contributed by atoms with Crippen LogP contribution in [0.1, 0.15) is 0 Å². The van der Waals surface area contributed by atoms with Crippen LogP contribution in [0.25, 0.3) is 145 Å². The molecule has 0 saturated heterocycles. The van der Waals surface area contributed by atoms with Gasteiger partial charge in [-0.15, -0.1) is 0 Å². The van der Waals surface area contributed by atoms with Crippen molar-refractivity contribution in [3.8, 4) is 79.9 Å². The first-order chi connectivity index (χ1) is 39.7. The standard InChI is InChI=1S/C70H44N10/c1-5-17-47(18-6-1)65-71-66(48-19-7-2-8-20-48)74-69(73-65)79-61-27-15-13-25-53(61)55-37-39-59-57(63(55)79)41-43-77(59)51-33-29-45(30-34-51)46-31-35-52(36-32-46)78-44-42-58-60(78)40-38-56-54-26-14-16-28-62(54)80(64(56)58)70-75-67(49-21-9-3-10-22-49)72-68(76-70)50-23-11-4-12-24-50/h1-44H. The molecule has 0 atom stereocenters. The molecule has 0 unspecified atom stereocenters. The van der Waals surface area contributed by atoms with Crippen LogP contribution < -0.4 is 0 Å². The van der Waals surface area contributed by atoms with Crippen molar-refractivity contribution in [1.82, 2.24) is 48.2 Å². The molecule has 374 valence electrons. The number of rotatable bonds is 9. The minimum atomic E-state index is 0.567. The third-order valence-electron chi connectivity index (χ3n) is 15.4. The number of hydrogen-bond acceptors (Lipinski definition) is 6. The molecule has 16 rings (SSSR count). The van der Waals surface area contributed by atoms with Gasteiger partial charge in [0.15, 0.2) is 23.3 Å². The zero-order chi connectivity index (χ0) is 52.7. The van der Waals surface area contributed by atoms with E-state index in [0.29, 0.717) is 35.2 Å². The smallest absolute Gasteiger partial charge is 0.238 e. The van der Waals surface area contributed by atoms with Gasteiger partial charge in [-0.05, 0) is 71.8 Å². The van der Waals surface area contributed by atoms with Gasteiger partial charge in [0.2, 0.25) is 11.9 Å². The fourth-order valence-electron chi connectivity index (χ4n) is 11.6. The van der Waals surface area contributed by atoms with Crippen molar-refractivity contribution >= 4 is 65.4 Å². The van der Waals surface area contributed by atoms with Crippen LogP contribution in [0.5, 0.6) is 0 Å². The van der Waals surface area contributed by atoms with E-state index in [0.717, 1.165) is 110 Å². The summed E-state index contributed by atoms with van der Waals surface area (Å²) in [5.74, 6) is 3.61. The monoisotopic (exact) mass is 1020 g/mol. The Morgan fingerprint density at radius 1 is 0.212 bits per heavy atom. The number of para-hydroxylation sites is 2. The maximum Gasteiger partial charge on any atom is 0.238 e. The Kier molecular flexibility index (Phi) is 10.3. The van der Waals surface area contributed by atoms with Crippen LogP contribution in [-0.2, 0) is 0 Å². The zero-order valence-electron chi connectivity index (χ0n) is 42.9. The second-order valence-corrected chi connectivity index (χ2v) is 20.0. The molecule has 0 saturated carbocycles. The van der Waals surface area contributed by atoms with E-state index in [9.17, 15) is 0 Å². The van der Waals surface area contributed by atoms with Gasteiger partial charge >= 0.3 is 0 Å². The summed E-state index contributed by atoms with van der Waals surface area (Å²) in [6.07, 6.45) is 4.33. The summed E-state index contributed by atoms with van der Waals surface area (Å²) in [5, 5.41) is 6.72. The molecule has 0 bridgehead atoms. The van der Waals surface area contributed by atoms with Gasteiger partial charge in [0.25, 0.3) is 0 Å². The molecule has 16 aromatic rings. The van der Waals surface area contributed by atoms with Gasteiger partial charge in [-0.2, -0.15) is 19.9 Å². The Balaban J connectivity index is 0.754. The first-order valence-corrected chi connectivity index (χ1v) is 26.7. The van der Waals surface area contributed by atoms with Gasteiger partial charge in [0.1, 0.15) is 0 Å². The SMILES string of the molecule is c1ccc(-c2nc(-c3ccccc3)nc(-n3c4ccccc4c4ccc5c(ccn5-c5ccc(-c6ccc(-n7ccc8c7ccc7c9ccccc9n(-c9nc(-c%10ccccc%10)nc(-c%10ccccc%10)n9)c78)cc6)cc5)c43)n2)cc1. The second-order valence-electron chi connectivity index (χ2n) is 20.0. The highest BCUT2D eigenvalue weighted by molar-refractivity contribution is 6.19. The number of benzene rings is 10. The van der Waals surface area contributed by atoms with Crippen LogP contribution >= 0.6 is 0 Å². The lowest BCUT2D eigenvalue weighted by Crippen LogP contribution is -2.06. The number of hydrogen-bond donors (Lipinski definition) is 0. The largest absolute Gasteiger partial charge is 0.316 e. The van der Waals surface area contributed by atoms with Crippen molar-refractivity contribution in [1.29, 1.82) is 0 Å². The van der Waals surface area contributed by atoms with Gasteiger partial charge in [0.05, 0.1) is 33.1 Å². The van der Waals surface area contributed by atoms with E-state index < -0.39 is 0 Å². The fraction of sp³-hybridized carbons (Fsp3) is 0. The van der Waals surface area contributed by atoms with Gasteiger partial charge in [-0.1, -0.05) is 194 Å². The van der Waals surface area contributed by atoms with Crippen LogP contribution in [0.3, 0.4) is 0 Å². The lowest BCUT2D eigenvalue weighted by molar-refractivity contribution is 0.954. The molecule has 6 heterocycles. The van der Waals surface area contributed by atoms with Gasteiger partial charge in [-0.25, -0.2) is 9.97 Å². The van der Waals surface area contributed by atoms with E-state index in [1.165, 1.54) is 0 Å². The Labute approximate surface area is 458 Å². The average molecular weight is 1030 g/mol. The van der Waals surface area contributed by atoms with Crippen molar-refractivity contribution in [2.75, 3.05) is 0 Å². The number of fused-ring (bicyclic) bond motifs is 10. The highest BCUT2D eigenvalue weighted by Gasteiger charge is 2.23. The van der Waals surface area contributed by atoms with Crippen LogP contribution in [0.15, 0.2) is 267 Å². The van der Waals surface area contributed by atoms with Crippen molar-refractivity contribution in [2.24, 2.45) is 0 Å². The van der Waals surface area contributed by atoms with E-state index >= 15 is 0 Å². The zero-order valence-corrected chi connectivity index (χ0v) is 42.9. The van der Waals surface area contributed by atoms with E-state index in [4.69, 9.17) is 29.9 Å². The Morgan fingerprint density at radius 2 is 0.537 bits per heavy atom. The Morgan fingerprint density at radius 3 is 0.887 bits per heavy atom. The van der Waals surface area contributed by atoms with Crippen molar-refractivity contribution in [3.05, 3.63) is 267 Å². The lowest BCUT2D eigenvalue weighted by atomic mass is 10.0. The molecular weight excluding hydrogens is 981 g/mol. The molecule has 0 aliphatic carbocycles. The molecule has 10 aromatic carbocycles. The third kappa shape index (κ3) is 7.34. The number of nitrogens with zero attached hydrogens (tertiary/aromatic N) is 10. The molecular formula is C70H44N10. The van der Waals surface area contributed by atoms with Crippen molar-refractivity contribution in [3.63, 3.8) is 0 Å². The molecule has 80 heavy (non-hydrogen) atoms. The normalized spacial score (nSPS) is 11.8. The van der Waals surface area contributed by atoms with Crippen LogP contribution in [0, 0.1) is 0 Å². The van der Waals surface area contributed by atoms with Crippen molar-refractivity contribution in [2.45, 2.75) is 0 Å². The molecule has 6 aromatic heterocycles. The summed E-state index contributed by atoms with van der Waals surface area (Å²) in [7, 11) is 0. The highest BCUT2D eigenvalue weighted by Crippen LogP contribution is 2.40. The topological polar surface area (TPSA) is 97.1 Å². The van der Waals surface area contributed by atoms with E-state index in [1.54, 1.807) is 0 Å². The molecule has 0 radical (unpaired) electrons. The first-order valence-electron chi connectivity index (χ1n) is 26.7. The van der Waals surface area contributed by atoms with Crippen LogP contribution in [0.2, 0.25) is 0 Å². The Hall–Kier alpha value is -11.1. The second kappa shape index (κ2) is 18.3. The van der Waals surface area contributed by atoms with E-state index in [2.05, 4.69) is 164 Å². The molecule has 0 amide bonds. The molecule has 10 nitrogen and oxygen atoms in total. The molecule has 0 N–H and O–H groups in total. The van der Waals surface area contributed by atoms with E-state index in [-0.39, 0.29) is 0 Å². The summed E-state index contributed by atoms with van der Waals surface area (Å²) in [6.45, 7) is 0. The van der Waals surface area contributed by atoms with Gasteiger partial charge in [-0.3, -0.25) is 9.13 Å². The summed E-state index contributed by atoms with van der Waals surface area (Å²) < 4.78 is 8.95. The third-order valence-corrected chi connectivity index (χ3v) is 15.4. The Bertz CT molecular complexity index is 4590. The average Bonchev–Trinajstić information content (AvgIpc) is 4.44. The molecule has 10 heteroatoms. The fourth-order valence-corrected chi connectivity index (χ4v) is 11.6. The maximum atomic E-state index is 5.19. The minimum absolute atomic E-state index is 0.567. The van der Waals surface area contributed by atoms with Gasteiger partial charge < -0.3 is 9.13 Å². The minimum Gasteiger partial charge on any atom is -0.316 e. The summed E-state index contributed by atoms with van der Waals surface area (Å²) in [4.78, 5) is 30.8. The molecule has 0 fully saturated rings. The molecule has 0 aliphatic rings. The van der Waals surface area contributed by atoms with Gasteiger partial charge in [0, 0.05) is 78.3 Å². The summed E-state index contributed by atoms with van der Waals surface area (Å²) in [6, 6.07) is 88.5. The quantitative estimate of drug-likeness (QED) is 0.143. The highest BCUT2D eigenvalue weighted by atomic mass is 15.2. The van der Waals surface area contributed by atoms with E-state index in [1.807, 2.05) is 121 Å². The predicted molar refractivity (Wildman–Crippen MR) is 323 cm³/mol. The molecule has 0 spiro atoms. The van der Waals surface area contributed by atoms with Crippen LogP contribution in [0.4, 0.5) is 0 Å². The predicted octanol–water partition coefficient (Wildman–Crippen LogP) is 16.5. The van der Waals surface area contributed by atoms with Crippen LogP contribution in [-0.4, -0.2) is 48.2 Å².